The van der Waals surface area contributed by atoms with Gasteiger partial charge in [0, 0.05) is 31.7 Å². The highest BCUT2D eigenvalue weighted by molar-refractivity contribution is 5.94. The number of hydrogen-bond donors (Lipinski definition) is 1. The fourth-order valence-corrected chi connectivity index (χ4v) is 2.52. The molecule has 9 heteroatoms. The predicted molar refractivity (Wildman–Crippen MR) is 87.0 cm³/mol. The van der Waals surface area contributed by atoms with Crippen molar-refractivity contribution in [3.63, 3.8) is 0 Å². The summed E-state index contributed by atoms with van der Waals surface area (Å²) in [5.74, 6) is 0.604. The van der Waals surface area contributed by atoms with Gasteiger partial charge in [0.05, 0.1) is 13.1 Å². The Morgan fingerprint density at radius 2 is 1.88 bits per heavy atom. The Bertz CT molecular complexity index is 671. The first kappa shape index (κ1) is 18.3. The van der Waals surface area contributed by atoms with Crippen LogP contribution in [0.4, 0.5) is 4.39 Å². The van der Waals surface area contributed by atoms with Gasteiger partial charge in [-0.2, -0.15) is 4.98 Å². The molecule has 1 aromatic carbocycles. The largest absolute Gasteiger partial charge is 0.338 e. The topological polar surface area (TPSA) is 88.5 Å². The lowest BCUT2D eigenvalue weighted by molar-refractivity contribution is 0.0624. The van der Waals surface area contributed by atoms with Crippen LogP contribution in [0.1, 0.15) is 22.1 Å². The molecule has 1 saturated heterocycles. The first-order chi connectivity index (χ1) is 11.2. The Morgan fingerprint density at radius 1 is 1.21 bits per heavy atom. The maximum absolute atomic E-state index is 12.9. The summed E-state index contributed by atoms with van der Waals surface area (Å²) in [6.45, 7) is 3.46. The van der Waals surface area contributed by atoms with Gasteiger partial charge < -0.3 is 15.2 Å². The Labute approximate surface area is 145 Å². The molecule has 1 aliphatic rings. The van der Waals surface area contributed by atoms with E-state index in [9.17, 15) is 9.18 Å². The molecule has 1 aliphatic heterocycles. The zero-order chi connectivity index (χ0) is 16.2. The molecule has 0 aliphatic carbocycles. The number of carbonyl (C=O) groups is 1. The number of halogens is 2. The van der Waals surface area contributed by atoms with E-state index in [0.29, 0.717) is 36.9 Å². The Hall–Kier alpha value is -2.03. The van der Waals surface area contributed by atoms with Crippen molar-refractivity contribution in [3.8, 4) is 0 Å². The maximum Gasteiger partial charge on any atom is 0.253 e. The molecule has 7 nitrogen and oxygen atoms in total. The molecule has 2 heterocycles. The molecule has 1 amide bonds. The van der Waals surface area contributed by atoms with Gasteiger partial charge in [0.1, 0.15) is 5.82 Å². The number of aromatic nitrogens is 2. The lowest BCUT2D eigenvalue weighted by atomic mass is 10.2. The average Bonchev–Trinajstić information content (AvgIpc) is 3.03. The Morgan fingerprint density at radius 3 is 2.46 bits per heavy atom. The van der Waals surface area contributed by atoms with E-state index in [2.05, 4.69) is 15.0 Å². The van der Waals surface area contributed by atoms with Crippen LogP contribution in [-0.4, -0.2) is 52.0 Å². The van der Waals surface area contributed by atoms with E-state index >= 15 is 0 Å². The molecule has 24 heavy (non-hydrogen) atoms. The van der Waals surface area contributed by atoms with E-state index in [-0.39, 0.29) is 30.7 Å². The minimum atomic E-state index is -0.344. The molecule has 0 atom stereocenters. The molecule has 2 aromatic rings. The first-order valence-corrected chi connectivity index (χ1v) is 7.44. The summed E-state index contributed by atoms with van der Waals surface area (Å²) >= 11 is 0. The molecule has 0 radical (unpaired) electrons. The third-order valence-corrected chi connectivity index (χ3v) is 3.80. The fourth-order valence-electron chi connectivity index (χ4n) is 2.52. The smallest absolute Gasteiger partial charge is 0.253 e. The lowest BCUT2D eigenvalue weighted by Gasteiger charge is -2.34. The number of nitrogens with two attached hydrogens (primary N) is 1. The van der Waals surface area contributed by atoms with Gasteiger partial charge in [0.2, 0.25) is 5.89 Å². The SMILES string of the molecule is Cl.NCc1nc(CN2CCN(C(=O)c3ccc(F)cc3)CC2)no1. The normalized spacial score (nSPS) is 15.2. The van der Waals surface area contributed by atoms with Gasteiger partial charge in [-0.1, -0.05) is 5.16 Å². The van der Waals surface area contributed by atoms with Crippen LogP contribution in [0.25, 0.3) is 0 Å². The molecular weight excluding hydrogens is 337 g/mol. The van der Waals surface area contributed by atoms with Crippen molar-refractivity contribution in [1.82, 2.24) is 19.9 Å². The molecule has 3 rings (SSSR count). The molecule has 130 valence electrons. The van der Waals surface area contributed by atoms with Crippen LogP contribution in [0.3, 0.4) is 0 Å². The van der Waals surface area contributed by atoms with Crippen molar-refractivity contribution in [2.45, 2.75) is 13.1 Å². The molecule has 0 unspecified atom stereocenters. The van der Waals surface area contributed by atoms with Crippen molar-refractivity contribution in [2.75, 3.05) is 26.2 Å². The van der Waals surface area contributed by atoms with Crippen LogP contribution in [0.15, 0.2) is 28.8 Å². The maximum atomic E-state index is 12.9. The van der Waals surface area contributed by atoms with E-state index in [4.69, 9.17) is 10.3 Å². The summed E-state index contributed by atoms with van der Waals surface area (Å²) in [6, 6.07) is 5.62. The number of piperazine rings is 1. The van der Waals surface area contributed by atoms with E-state index in [1.165, 1.54) is 24.3 Å². The number of benzene rings is 1. The number of hydrogen-bond acceptors (Lipinski definition) is 6. The van der Waals surface area contributed by atoms with Crippen LogP contribution in [0.2, 0.25) is 0 Å². The lowest BCUT2D eigenvalue weighted by Crippen LogP contribution is -2.48. The third-order valence-electron chi connectivity index (χ3n) is 3.80. The van der Waals surface area contributed by atoms with Gasteiger partial charge in [0.15, 0.2) is 5.82 Å². The minimum Gasteiger partial charge on any atom is -0.338 e. The van der Waals surface area contributed by atoms with Gasteiger partial charge >= 0.3 is 0 Å². The van der Waals surface area contributed by atoms with E-state index < -0.39 is 0 Å². The number of nitrogens with zero attached hydrogens (tertiary/aromatic N) is 4. The van der Waals surface area contributed by atoms with Gasteiger partial charge in [-0.3, -0.25) is 9.69 Å². The first-order valence-electron chi connectivity index (χ1n) is 7.44. The summed E-state index contributed by atoms with van der Waals surface area (Å²) in [6.07, 6.45) is 0. The zero-order valence-electron chi connectivity index (χ0n) is 13.0. The van der Waals surface area contributed by atoms with Crippen molar-refractivity contribution < 1.29 is 13.7 Å². The predicted octanol–water partition coefficient (Wildman–Crippen LogP) is 1.05. The molecule has 0 bridgehead atoms. The van der Waals surface area contributed by atoms with E-state index in [1.807, 2.05) is 0 Å². The molecule has 0 spiro atoms. The minimum absolute atomic E-state index is 0. The van der Waals surface area contributed by atoms with Crippen LogP contribution < -0.4 is 5.73 Å². The highest BCUT2D eigenvalue weighted by atomic mass is 35.5. The fraction of sp³-hybridized carbons (Fsp3) is 0.400. The van der Waals surface area contributed by atoms with Crippen LogP contribution in [-0.2, 0) is 13.1 Å². The second-order valence-electron chi connectivity index (χ2n) is 5.38. The summed E-state index contributed by atoms with van der Waals surface area (Å²) < 4.78 is 17.9. The van der Waals surface area contributed by atoms with Crippen molar-refractivity contribution in [3.05, 3.63) is 47.4 Å². The molecule has 1 aromatic heterocycles. The summed E-state index contributed by atoms with van der Waals surface area (Å²) in [7, 11) is 0. The van der Waals surface area contributed by atoms with Crippen LogP contribution in [0.5, 0.6) is 0 Å². The third kappa shape index (κ3) is 4.28. The summed E-state index contributed by atoms with van der Waals surface area (Å²) in [4.78, 5) is 20.4. The van der Waals surface area contributed by atoms with Gasteiger partial charge in [-0.15, -0.1) is 12.4 Å². The molecule has 2 N–H and O–H groups in total. The second kappa shape index (κ2) is 8.18. The van der Waals surface area contributed by atoms with Crippen molar-refractivity contribution >= 4 is 18.3 Å². The molecular formula is C15H19ClFN5O2. The Kier molecular flexibility index (Phi) is 6.24. The molecule has 1 fully saturated rings. The van der Waals surface area contributed by atoms with Crippen LogP contribution >= 0.6 is 12.4 Å². The van der Waals surface area contributed by atoms with Crippen molar-refractivity contribution in [2.24, 2.45) is 5.73 Å². The van der Waals surface area contributed by atoms with E-state index in [1.54, 1.807) is 4.90 Å². The monoisotopic (exact) mass is 355 g/mol. The van der Waals surface area contributed by atoms with Gasteiger partial charge in [-0.25, -0.2) is 4.39 Å². The number of rotatable bonds is 4. The highest BCUT2D eigenvalue weighted by Gasteiger charge is 2.23. The standard InChI is InChI=1S/C15H18FN5O2.ClH/c16-12-3-1-11(2-4-12)15(22)21-7-5-20(6-8-21)10-13-18-14(9-17)23-19-13;/h1-4H,5-10,17H2;1H. The van der Waals surface area contributed by atoms with Crippen LogP contribution in [0, 0.1) is 5.82 Å². The summed E-state index contributed by atoms with van der Waals surface area (Å²) in [5.41, 5.74) is 5.94. The molecule has 0 saturated carbocycles. The average molecular weight is 356 g/mol. The van der Waals surface area contributed by atoms with Gasteiger partial charge in [-0.05, 0) is 24.3 Å². The number of amides is 1. The van der Waals surface area contributed by atoms with E-state index in [0.717, 1.165) is 13.1 Å². The van der Waals surface area contributed by atoms with Gasteiger partial charge in [0.25, 0.3) is 5.91 Å². The van der Waals surface area contributed by atoms with Crippen molar-refractivity contribution in [1.29, 1.82) is 0 Å². The second-order valence-corrected chi connectivity index (χ2v) is 5.38. The Balaban J connectivity index is 0.00000208. The summed E-state index contributed by atoms with van der Waals surface area (Å²) in [5, 5.41) is 3.87. The number of carbonyl (C=O) groups excluding carboxylic acids is 1. The quantitative estimate of drug-likeness (QED) is 0.881. The zero-order valence-corrected chi connectivity index (χ0v) is 13.8. The highest BCUT2D eigenvalue weighted by Crippen LogP contribution is 2.11.